The average molecular weight is 333 g/mol. The molecule has 0 atom stereocenters. The zero-order valence-corrected chi connectivity index (χ0v) is 14.6. The fourth-order valence-corrected chi connectivity index (χ4v) is 2.66. The summed E-state index contributed by atoms with van der Waals surface area (Å²) in [6.45, 7) is 4.27. The Morgan fingerprint density at radius 2 is 1.96 bits per heavy atom. The Morgan fingerprint density at radius 1 is 1.21 bits per heavy atom. The quantitative estimate of drug-likeness (QED) is 0.570. The molecule has 1 saturated heterocycles. The summed E-state index contributed by atoms with van der Waals surface area (Å²) in [6.07, 6.45) is 2.59. The van der Waals surface area contributed by atoms with Crippen molar-refractivity contribution in [2.75, 3.05) is 58.3 Å². The number of piperazine rings is 1. The van der Waals surface area contributed by atoms with Gasteiger partial charge in [0.15, 0.2) is 0 Å². The Morgan fingerprint density at radius 3 is 2.58 bits per heavy atom. The lowest BCUT2D eigenvalue weighted by molar-refractivity contribution is -0.136. The van der Waals surface area contributed by atoms with Gasteiger partial charge in [0.05, 0.1) is 0 Å². The van der Waals surface area contributed by atoms with E-state index in [1.807, 2.05) is 32.3 Å². The summed E-state index contributed by atoms with van der Waals surface area (Å²) in [5.41, 5.74) is 0. The molecule has 7 heteroatoms. The van der Waals surface area contributed by atoms with Gasteiger partial charge in [-0.15, -0.1) is 0 Å². The largest absolute Gasteiger partial charge is 0.356 e. The lowest BCUT2D eigenvalue weighted by Crippen LogP contribution is -2.49. The van der Waals surface area contributed by atoms with Crippen molar-refractivity contribution in [3.63, 3.8) is 0 Å². The third kappa shape index (κ3) is 5.81. The lowest BCUT2D eigenvalue weighted by Gasteiger charge is -2.35. The fourth-order valence-electron chi connectivity index (χ4n) is 2.66. The molecular formula is C17H27N5O2. The molecule has 24 heavy (non-hydrogen) atoms. The highest BCUT2D eigenvalue weighted by Crippen LogP contribution is 2.12. The van der Waals surface area contributed by atoms with Gasteiger partial charge in [-0.3, -0.25) is 9.59 Å². The van der Waals surface area contributed by atoms with Gasteiger partial charge in [0.1, 0.15) is 12.2 Å². The molecule has 1 aliphatic heterocycles. The molecule has 0 radical (unpaired) electrons. The molecule has 7 nitrogen and oxygen atoms in total. The molecule has 2 rings (SSSR count). The van der Waals surface area contributed by atoms with Crippen LogP contribution in [0.15, 0.2) is 24.4 Å². The minimum absolute atomic E-state index is 0.0639. The number of carbonyl (C=O) groups is 2. The Balaban J connectivity index is 1.68. The van der Waals surface area contributed by atoms with E-state index in [0.717, 1.165) is 31.9 Å². The van der Waals surface area contributed by atoms with Crippen molar-refractivity contribution in [2.45, 2.75) is 12.8 Å². The van der Waals surface area contributed by atoms with E-state index in [1.165, 1.54) is 0 Å². The Bertz CT molecular complexity index is 527. The molecule has 2 heterocycles. The molecule has 1 aromatic heterocycles. The van der Waals surface area contributed by atoms with Crippen LogP contribution < -0.4 is 10.2 Å². The Kier molecular flexibility index (Phi) is 6.99. The standard InChI is InChI=1S/C17H27N5O2/c1-20(2)9-5-8-19-16(23)14-17(24)22-12-10-21(11-13-22)15-6-3-4-7-18-15/h3-4,6-7H,5,8-14H2,1-2H3,(H,19,23). The van der Waals surface area contributed by atoms with Crippen LogP contribution in [0.5, 0.6) is 0 Å². The Hall–Kier alpha value is -2.15. The molecule has 1 N–H and O–H groups in total. The maximum absolute atomic E-state index is 12.2. The van der Waals surface area contributed by atoms with Gasteiger partial charge < -0.3 is 20.0 Å². The summed E-state index contributed by atoms with van der Waals surface area (Å²) in [6, 6.07) is 5.82. The molecule has 1 aromatic rings. The van der Waals surface area contributed by atoms with Crippen LogP contribution in [0.3, 0.4) is 0 Å². The zero-order chi connectivity index (χ0) is 17.4. The number of rotatable bonds is 7. The van der Waals surface area contributed by atoms with E-state index < -0.39 is 0 Å². The van der Waals surface area contributed by atoms with E-state index >= 15 is 0 Å². The second-order valence-corrected chi connectivity index (χ2v) is 6.24. The molecule has 0 bridgehead atoms. The number of carbonyl (C=O) groups excluding carboxylic acids is 2. The van der Waals surface area contributed by atoms with Crippen LogP contribution in [0.25, 0.3) is 0 Å². The van der Waals surface area contributed by atoms with E-state index in [4.69, 9.17) is 0 Å². The lowest BCUT2D eigenvalue weighted by atomic mass is 10.2. The van der Waals surface area contributed by atoms with E-state index in [1.54, 1.807) is 11.1 Å². The van der Waals surface area contributed by atoms with Crippen molar-refractivity contribution in [2.24, 2.45) is 0 Å². The first-order valence-electron chi connectivity index (χ1n) is 8.41. The van der Waals surface area contributed by atoms with Crippen molar-refractivity contribution in [1.29, 1.82) is 0 Å². The molecule has 1 aliphatic rings. The molecule has 0 spiro atoms. The van der Waals surface area contributed by atoms with Crippen molar-refractivity contribution in [3.05, 3.63) is 24.4 Å². The molecule has 0 saturated carbocycles. The highest BCUT2D eigenvalue weighted by molar-refractivity contribution is 5.96. The maximum atomic E-state index is 12.2. The third-order valence-corrected chi connectivity index (χ3v) is 4.02. The predicted molar refractivity (Wildman–Crippen MR) is 93.8 cm³/mol. The van der Waals surface area contributed by atoms with Crippen LogP contribution in [0.1, 0.15) is 12.8 Å². The smallest absolute Gasteiger partial charge is 0.232 e. The van der Waals surface area contributed by atoms with E-state index in [2.05, 4.69) is 20.1 Å². The maximum Gasteiger partial charge on any atom is 0.232 e. The molecule has 2 amide bonds. The van der Waals surface area contributed by atoms with Crippen LogP contribution in [-0.4, -0.2) is 80.0 Å². The number of hydrogen-bond donors (Lipinski definition) is 1. The first-order chi connectivity index (χ1) is 11.6. The van der Waals surface area contributed by atoms with E-state index in [9.17, 15) is 9.59 Å². The van der Waals surface area contributed by atoms with Crippen molar-refractivity contribution < 1.29 is 9.59 Å². The van der Waals surface area contributed by atoms with Crippen molar-refractivity contribution in [3.8, 4) is 0 Å². The van der Waals surface area contributed by atoms with Gasteiger partial charge in [-0.2, -0.15) is 0 Å². The number of amides is 2. The highest BCUT2D eigenvalue weighted by Gasteiger charge is 2.23. The molecular weight excluding hydrogens is 306 g/mol. The van der Waals surface area contributed by atoms with E-state index in [0.29, 0.717) is 19.6 Å². The van der Waals surface area contributed by atoms with Gasteiger partial charge >= 0.3 is 0 Å². The van der Waals surface area contributed by atoms with Crippen LogP contribution in [0.2, 0.25) is 0 Å². The topological polar surface area (TPSA) is 68.8 Å². The number of nitrogens with one attached hydrogen (secondary N) is 1. The molecule has 0 aliphatic carbocycles. The molecule has 1 fully saturated rings. The van der Waals surface area contributed by atoms with Crippen LogP contribution >= 0.6 is 0 Å². The van der Waals surface area contributed by atoms with Gasteiger partial charge in [-0.25, -0.2) is 4.98 Å². The average Bonchev–Trinajstić information content (AvgIpc) is 2.59. The van der Waals surface area contributed by atoms with Gasteiger partial charge in [0, 0.05) is 38.9 Å². The van der Waals surface area contributed by atoms with Crippen molar-refractivity contribution in [1.82, 2.24) is 20.1 Å². The monoisotopic (exact) mass is 333 g/mol. The summed E-state index contributed by atoms with van der Waals surface area (Å²) in [7, 11) is 3.99. The SMILES string of the molecule is CN(C)CCCNC(=O)CC(=O)N1CCN(c2ccccn2)CC1. The number of pyridine rings is 1. The number of aromatic nitrogens is 1. The first-order valence-corrected chi connectivity index (χ1v) is 8.41. The molecule has 132 valence electrons. The summed E-state index contributed by atoms with van der Waals surface area (Å²) in [5.74, 6) is 0.648. The zero-order valence-electron chi connectivity index (χ0n) is 14.6. The van der Waals surface area contributed by atoms with Gasteiger partial charge in [0.2, 0.25) is 11.8 Å². The van der Waals surface area contributed by atoms with Gasteiger partial charge in [-0.1, -0.05) is 6.07 Å². The Labute approximate surface area is 143 Å². The third-order valence-electron chi connectivity index (χ3n) is 4.02. The highest BCUT2D eigenvalue weighted by atomic mass is 16.2. The minimum Gasteiger partial charge on any atom is -0.356 e. The molecule has 0 unspecified atom stereocenters. The summed E-state index contributed by atoms with van der Waals surface area (Å²) in [5, 5.41) is 2.81. The predicted octanol–water partition coefficient (Wildman–Crippen LogP) is 0.188. The van der Waals surface area contributed by atoms with Crippen LogP contribution in [0, 0.1) is 0 Å². The summed E-state index contributed by atoms with van der Waals surface area (Å²) >= 11 is 0. The van der Waals surface area contributed by atoms with Gasteiger partial charge in [-0.05, 0) is 39.2 Å². The van der Waals surface area contributed by atoms with E-state index in [-0.39, 0.29) is 18.2 Å². The number of anilines is 1. The second-order valence-electron chi connectivity index (χ2n) is 6.24. The number of nitrogens with zero attached hydrogens (tertiary/aromatic N) is 4. The van der Waals surface area contributed by atoms with Crippen LogP contribution in [-0.2, 0) is 9.59 Å². The fraction of sp³-hybridized carbons (Fsp3) is 0.588. The number of hydrogen-bond acceptors (Lipinski definition) is 5. The minimum atomic E-state index is -0.189. The summed E-state index contributed by atoms with van der Waals surface area (Å²) in [4.78, 5) is 34.4. The summed E-state index contributed by atoms with van der Waals surface area (Å²) < 4.78 is 0. The van der Waals surface area contributed by atoms with Crippen molar-refractivity contribution >= 4 is 17.6 Å². The van der Waals surface area contributed by atoms with Crippen LogP contribution in [0.4, 0.5) is 5.82 Å². The first kappa shape index (κ1) is 18.2. The molecule has 0 aromatic carbocycles. The van der Waals surface area contributed by atoms with Gasteiger partial charge in [0.25, 0.3) is 0 Å². The normalized spacial score (nSPS) is 14.8. The second kappa shape index (κ2) is 9.22.